The first-order chi connectivity index (χ1) is 12.8. The largest absolute Gasteiger partial charge is 0.396 e. The lowest BCUT2D eigenvalue weighted by atomic mass is 9.80. The minimum absolute atomic E-state index is 0.120. The average molecular weight is 348 g/mol. The third-order valence-corrected chi connectivity index (χ3v) is 4.59. The van der Waals surface area contributed by atoms with E-state index in [9.17, 15) is 10.2 Å². The highest BCUT2D eigenvalue weighted by Gasteiger charge is 2.37. The lowest BCUT2D eigenvalue weighted by molar-refractivity contribution is -0.0300. The highest BCUT2D eigenvalue weighted by Crippen LogP contribution is 2.40. The molecule has 0 saturated carbocycles. The Labute approximate surface area is 154 Å². The molecule has 0 amide bonds. The van der Waals surface area contributed by atoms with E-state index in [2.05, 4.69) is 0 Å². The molecule has 0 atom stereocenters. The van der Waals surface area contributed by atoms with Gasteiger partial charge in [-0.2, -0.15) is 0 Å². The van der Waals surface area contributed by atoms with Crippen molar-refractivity contribution in [3.63, 3.8) is 0 Å². The van der Waals surface area contributed by atoms with Crippen molar-refractivity contribution in [3.05, 3.63) is 108 Å². The Morgan fingerprint density at radius 3 is 1.27 bits per heavy atom. The van der Waals surface area contributed by atoms with Crippen LogP contribution < -0.4 is 0 Å². The highest BCUT2D eigenvalue weighted by molar-refractivity contribution is 5.47. The fraction of sp³-hybridized carbons (Fsp3) is 0.217. The van der Waals surface area contributed by atoms with Gasteiger partial charge in [-0.3, -0.25) is 0 Å². The zero-order valence-electron chi connectivity index (χ0n) is 14.7. The monoisotopic (exact) mass is 348 g/mol. The number of aliphatic hydroxyl groups excluding tert-OH is 2. The van der Waals surface area contributed by atoms with E-state index in [1.54, 1.807) is 0 Å². The summed E-state index contributed by atoms with van der Waals surface area (Å²) < 4.78 is 6.51. The fourth-order valence-electron chi connectivity index (χ4n) is 3.17. The van der Waals surface area contributed by atoms with Crippen LogP contribution in [0.5, 0.6) is 0 Å². The van der Waals surface area contributed by atoms with E-state index in [0.29, 0.717) is 0 Å². The summed E-state index contributed by atoms with van der Waals surface area (Å²) >= 11 is 0. The van der Waals surface area contributed by atoms with E-state index in [-0.39, 0.29) is 25.7 Å². The average Bonchev–Trinajstić information content (AvgIpc) is 2.74. The molecule has 26 heavy (non-hydrogen) atoms. The molecular formula is C23H24O3. The van der Waals surface area contributed by atoms with Gasteiger partial charge in [-0.25, -0.2) is 0 Å². The number of benzene rings is 3. The summed E-state index contributed by atoms with van der Waals surface area (Å²) in [6, 6.07) is 30.2. The molecule has 0 aromatic heterocycles. The van der Waals surface area contributed by atoms with E-state index < -0.39 is 5.60 Å². The Balaban J connectivity index is 2.18. The Bertz CT molecular complexity index is 672. The first-order valence-electron chi connectivity index (χ1n) is 8.83. The number of hydrogen-bond donors (Lipinski definition) is 2. The minimum atomic E-state index is -0.813. The molecule has 3 heteroatoms. The van der Waals surface area contributed by atoms with Gasteiger partial charge < -0.3 is 14.9 Å². The Morgan fingerprint density at radius 1 is 0.615 bits per heavy atom. The van der Waals surface area contributed by atoms with Crippen LogP contribution in [0.1, 0.15) is 16.7 Å². The SMILES string of the molecule is OCC(CO)COC(c1ccccc1)(c1ccccc1)c1ccccc1. The van der Waals surface area contributed by atoms with Crippen LogP contribution >= 0.6 is 0 Å². The predicted molar refractivity (Wildman–Crippen MR) is 103 cm³/mol. The Hall–Kier alpha value is -2.46. The molecule has 0 heterocycles. The fourth-order valence-corrected chi connectivity index (χ4v) is 3.17. The highest BCUT2D eigenvalue weighted by atomic mass is 16.5. The van der Waals surface area contributed by atoms with Gasteiger partial charge in [0.15, 0.2) is 0 Å². The summed E-state index contributed by atoms with van der Waals surface area (Å²) in [5, 5.41) is 19.0. The van der Waals surface area contributed by atoms with Crippen LogP contribution in [0.25, 0.3) is 0 Å². The molecule has 0 unspecified atom stereocenters. The summed E-state index contributed by atoms with van der Waals surface area (Å²) in [4.78, 5) is 0. The first-order valence-corrected chi connectivity index (χ1v) is 8.83. The molecular weight excluding hydrogens is 324 g/mol. The molecule has 0 spiro atoms. The quantitative estimate of drug-likeness (QED) is 0.612. The zero-order valence-corrected chi connectivity index (χ0v) is 14.7. The van der Waals surface area contributed by atoms with E-state index in [1.165, 1.54) is 0 Å². The summed E-state index contributed by atoms with van der Waals surface area (Å²) in [5.74, 6) is -0.328. The maximum Gasteiger partial charge on any atom is 0.143 e. The van der Waals surface area contributed by atoms with Gasteiger partial charge in [-0.1, -0.05) is 91.0 Å². The van der Waals surface area contributed by atoms with Crippen molar-refractivity contribution in [2.45, 2.75) is 5.60 Å². The molecule has 0 aliphatic rings. The van der Waals surface area contributed by atoms with Gasteiger partial charge in [0.2, 0.25) is 0 Å². The summed E-state index contributed by atoms with van der Waals surface area (Å²) in [7, 11) is 0. The zero-order chi connectivity index (χ0) is 18.2. The van der Waals surface area contributed by atoms with Gasteiger partial charge in [-0.15, -0.1) is 0 Å². The normalized spacial score (nSPS) is 11.7. The van der Waals surface area contributed by atoms with Gasteiger partial charge in [0.1, 0.15) is 5.60 Å². The predicted octanol–water partition coefficient (Wildman–Crippen LogP) is 3.60. The van der Waals surface area contributed by atoms with Crippen molar-refractivity contribution in [3.8, 4) is 0 Å². The van der Waals surface area contributed by atoms with Crippen molar-refractivity contribution in [2.24, 2.45) is 5.92 Å². The topological polar surface area (TPSA) is 49.7 Å². The van der Waals surface area contributed by atoms with Crippen molar-refractivity contribution in [1.82, 2.24) is 0 Å². The van der Waals surface area contributed by atoms with Crippen molar-refractivity contribution >= 4 is 0 Å². The van der Waals surface area contributed by atoms with Gasteiger partial charge in [0.05, 0.1) is 19.8 Å². The van der Waals surface area contributed by atoms with E-state index >= 15 is 0 Å². The van der Waals surface area contributed by atoms with Crippen molar-refractivity contribution in [2.75, 3.05) is 19.8 Å². The summed E-state index contributed by atoms with van der Waals surface area (Å²) in [6.45, 7) is 0.00157. The van der Waals surface area contributed by atoms with Gasteiger partial charge in [0, 0.05) is 5.92 Å². The molecule has 0 aliphatic heterocycles. The molecule has 0 saturated heterocycles. The van der Waals surface area contributed by atoms with E-state index in [1.807, 2.05) is 91.0 Å². The molecule has 3 aromatic rings. The second-order valence-corrected chi connectivity index (χ2v) is 6.32. The molecule has 0 fully saturated rings. The van der Waals surface area contributed by atoms with E-state index in [0.717, 1.165) is 16.7 Å². The molecule has 2 N–H and O–H groups in total. The number of hydrogen-bond acceptors (Lipinski definition) is 3. The first kappa shape index (κ1) is 18.3. The van der Waals surface area contributed by atoms with Crippen LogP contribution in [0.15, 0.2) is 91.0 Å². The third kappa shape index (κ3) is 3.70. The molecule has 3 nitrogen and oxygen atoms in total. The lowest BCUT2D eigenvalue weighted by Gasteiger charge is -2.36. The Morgan fingerprint density at radius 2 is 0.962 bits per heavy atom. The Kier molecular flexibility index (Phi) is 6.18. The van der Waals surface area contributed by atoms with Crippen LogP contribution in [0, 0.1) is 5.92 Å². The van der Waals surface area contributed by atoms with Crippen molar-refractivity contribution in [1.29, 1.82) is 0 Å². The molecule has 0 aliphatic carbocycles. The molecule has 134 valence electrons. The van der Waals surface area contributed by atoms with Crippen LogP contribution in [-0.4, -0.2) is 30.0 Å². The summed E-state index contributed by atoms with van der Waals surface area (Å²) in [6.07, 6.45) is 0. The maximum absolute atomic E-state index is 9.49. The van der Waals surface area contributed by atoms with Gasteiger partial charge in [-0.05, 0) is 16.7 Å². The van der Waals surface area contributed by atoms with Crippen LogP contribution in [0.4, 0.5) is 0 Å². The molecule has 0 bridgehead atoms. The molecule has 3 aromatic carbocycles. The van der Waals surface area contributed by atoms with Gasteiger partial charge >= 0.3 is 0 Å². The van der Waals surface area contributed by atoms with Crippen LogP contribution in [-0.2, 0) is 10.3 Å². The number of ether oxygens (including phenoxy) is 1. The molecule has 0 radical (unpaired) electrons. The number of rotatable bonds is 8. The lowest BCUT2D eigenvalue weighted by Crippen LogP contribution is -2.35. The van der Waals surface area contributed by atoms with E-state index in [4.69, 9.17) is 4.74 Å². The smallest absolute Gasteiger partial charge is 0.143 e. The number of aliphatic hydroxyl groups is 2. The second-order valence-electron chi connectivity index (χ2n) is 6.32. The maximum atomic E-state index is 9.49. The van der Waals surface area contributed by atoms with Crippen molar-refractivity contribution < 1.29 is 14.9 Å². The minimum Gasteiger partial charge on any atom is -0.396 e. The van der Waals surface area contributed by atoms with Crippen LogP contribution in [0.3, 0.4) is 0 Å². The molecule has 3 rings (SSSR count). The third-order valence-electron chi connectivity index (χ3n) is 4.59. The van der Waals surface area contributed by atoms with Gasteiger partial charge in [0.25, 0.3) is 0 Å². The second kappa shape index (κ2) is 8.77. The standard InChI is InChI=1S/C23H24O3/c24-16-19(17-25)18-26-23(20-10-4-1-5-11-20,21-12-6-2-7-13-21)22-14-8-3-9-15-22/h1-15,19,24-25H,16-18H2. The summed E-state index contributed by atoms with van der Waals surface area (Å²) in [5.41, 5.74) is 2.21. The van der Waals surface area contributed by atoms with Crippen LogP contribution in [0.2, 0.25) is 0 Å².